The number of hydrogen-bond donors (Lipinski definition) is 1. The van der Waals surface area contributed by atoms with Crippen LogP contribution < -0.4 is 5.32 Å². The molecule has 0 heterocycles. The molecule has 3 aromatic rings. The average molecular weight is 494 g/mol. The van der Waals surface area contributed by atoms with Crippen LogP contribution in [-0.2, 0) is 29.0 Å². The predicted octanol–water partition coefficient (Wildman–Crippen LogP) is 4.96. The third kappa shape index (κ3) is 7.13. The van der Waals surface area contributed by atoms with Crippen LogP contribution in [0.15, 0.2) is 78.9 Å². The summed E-state index contributed by atoms with van der Waals surface area (Å²) in [4.78, 5) is 39.5. The van der Waals surface area contributed by atoms with Gasteiger partial charge in [0.15, 0.2) is 0 Å². The standard InChI is InChI=1S/C27H28ClN3O4/c1-19(2)29-27(33)25(16-20-10-4-3-5-11-20)30(18-22-13-6-8-14-23(22)28)26(32)17-21-12-7-9-15-24(21)31(34)35/h3-15,19,25H,16-18H2,1-2H3,(H,29,33)/t25-/m1/s1. The van der Waals surface area contributed by atoms with E-state index in [0.29, 0.717) is 10.6 Å². The third-order valence-electron chi connectivity index (χ3n) is 5.53. The molecular weight excluding hydrogens is 466 g/mol. The Morgan fingerprint density at radius 3 is 2.17 bits per heavy atom. The highest BCUT2D eigenvalue weighted by Crippen LogP contribution is 2.23. The number of hydrogen-bond acceptors (Lipinski definition) is 4. The molecule has 3 rings (SSSR count). The van der Waals surface area contributed by atoms with Gasteiger partial charge in [-0.1, -0.05) is 78.3 Å². The smallest absolute Gasteiger partial charge is 0.273 e. The van der Waals surface area contributed by atoms with Crippen molar-refractivity contribution in [2.24, 2.45) is 0 Å². The van der Waals surface area contributed by atoms with Crippen LogP contribution in [0.4, 0.5) is 5.69 Å². The summed E-state index contributed by atoms with van der Waals surface area (Å²) in [6.07, 6.45) is 0.0638. The van der Waals surface area contributed by atoms with Gasteiger partial charge in [-0.25, -0.2) is 0 Å². The van der Waals surface area contributed by atoms with Crippen LogP contribution in [0.2, 0.25) is 5.02 Å². The Morgan fingerprint density at radius 1 is 0.943 bits per heavy atom. The van der Waals surface area contributed by atoms with E-state index in [-0.39, 0.29) is 42.6 Å². The first-order valence-corrected chi connectivity index (χ1v) is 11.7. The third-order valence-corrected chi connectivity index (χ3v) is 5.90. The lowest BCUT2D eigenvalue weighted by atomic mass is 10.0. The average Bonchev–Trinajstić information content (AvgIpc) is 2.82. The lowest BCUT2D eigenvalue weighted by Crippen LogP contribution is -2.52. The molecule has 0 saturated heterocycles. The minimum atomic E-state index is -0.841. The van der Waals surface area contributed by atoms with E-state index < -0.39 is 16.9 Å². The van der Waals surface area contributed by atoms with Gasteiger partial charge in [0.25, 0.3) is 5.69 Å². The number of benzene rings is 3. The highest BCUT2D eigenvalue weighted by Gasteiger charge is 2.32. The fraction of sp³-hybridized carbons (Fsp3) is 0.259. The van der Waals surface area contributed by atoms with Gasteiger partial charge in [-0.3, -0.25) is 19.7 Å². The zero-order valence-corrected chi connectivity index (χ0v) is 20.4. The van der Waals surface area contributed by atoms with Crippen molar-refractivity contribution >= 4 is 29.1 Å². The van der Waals surface area contributed by atoms with E-state index in [2.05, 4.69) is 5.32 Å². The maximum absolute atomic E-state index is 13.7. The Labute approximate surface area is 209 Å². The molecule has 35 heavy (non-hydrogen) atoms. The van der Waals surface area contributed by atoms with Crippen molar-refractivity contribution in [3.8, 4) is 0 Å². The van der Waals surface area contributed by atoms with E-state index in [1.807, 2.05) is 50.2 Å². The molecule has 1 atom stereocenters. The van der Waals surface area contributed by atoms with E-state index in [9.17, 15) is 19.7 Å². The number of halogens is 1. The van der Waals surface area contributed by atoms with Crippen molar-refractivity contribution < 1.29 is 14.5 Å². The van der Waals surface area contributed by atoms with Crippen LogP contribution in [0.1, 0.15) is 30.5 Å². The predicted molar refractivity (Wildman–Crippen MR) is 136 cm³/mol. The lowest BCUT2D eigenvalue weighted by molar-refractivity contribution is -0.385. The van der Waals surface area contributed by atoms with Crippen molar-refractivity contribution in [1.29, 1.82) is 0 Å². The summed E-state index contributed by atoms with van der Waals surface area (Å²) in [5, 5.41) is 14.9. The molecule has 0 aliphatic heterocycles. The molecule has 0 radical (unpaired) electrons. The van der Waals surface area contributed by atoms with Gasteiger partial charge in [0.05, 0.1) is 11.3 Å². The zero-order chi connectivity index (χ0) is 25.4. The Hall–Kier alpha value is -3.71. The summed E-state index contributed by atoms with van der Waals surface area (Å²) in [5.41, 5.74) is 1.72. The maximum atomic E-state index is 13.7. The minimum absolute atomic E-state index is 0.0855. The highest BCUT2D eigenvalue weighted by molar-refractivity contribution is 6.31. The number of carbonyl (C=O) groups is 2. The lowest BCUT2D eigenvalue weighted by Gasteiger charge is -2.32. The van der Waals surface area contributed by atoms with Crippen molar-refractivity contribution in [2.75, 3.05) is 0 Å². The number of rotatable bonds is 10. The van der Waals surface area contributed by atoms with Crippen molar-refractivity contribution in [3.05, 3.63) is 111 Å². The fourth-order valence-electron chi connectivity index (χ4n) is 3.85. The number of carbonyl (C=O) groups excluding carboxylic acids is 2. The van der Waals surface area contributed by atoms with Gasteiger partial charge in [-0.15, -0.1) is 0 Å². The first-order chi connectivity index (χ1) is 16.8. The van der Waals surface area contributed by atoms with E-state index in [0.717, 1.165) is 5.56 Å². The second kappa shape index (κ2) is 12.1. The Morgan fingerprint density at radius 2 is 1.54 bits per heavy atom. The van der Waals surface area contributed by atoms with Crippen LogP contribution in [0, 0.1) is 10.1 Å². The topological polar surface area (TPSA) is 92.6 Å². The summed E-state index contributed by atoms with van der Waals surface area (Å²) in [6, 6.07) is 21.7. The maximum Gasteiger partial charge on any atom is 0.273 e. The van der Waals surface area contributed by atoms with Crippen molar-refractivity contribution in [2.45, 2.75) is 45.3 Å². The Balaban J connectivity index is 2.02. The summed E-state index contributed by atoms with van der Waals surface area (Å²) < 4.78 is 0. The SMILES string of the molecule is CC(C)NC(=O)[C@@H](Cc1ccccc1)N(Cc1ccccc1Cl)C(=O)Cc1ccccc1[N+](=O)[O-]. The number of nitro groups is 1. The second-order valence-corrected chi connectivity index (χ2v) is 8.95. The quantitative estimate of drug-likeness (QED) is 0.319. The van der Waals surface area contributed by atoms with Crippen LogP contribution in [-0.4, -0.2) is 33.7 Å². The summed E-state index contributed by atoms with van der Waals surface area (Å²) in [5.74, 6) is -0.703. The molecule has 1 N–H and O–H groups in total. The first kappa shape index (κ1) is 25.9. The second-order valence-electron chi connectivity index (χ2n) is 8.54. The van der Waals surface area contributed by atoms with Gasteiger partial charge in [-0.2, -0.15) is 0 Å². The van der Waals surface area contributed by atoms with Crippen LogP contribution in [0.3, 0.4) is 0 Å². The first-order valence-electron chi connectivity index (χ1n) is 11.4. The van der Waals surface area contributed by atoms with Crippen LogP contribution >= 0.6 is 11.6 Å². The van der Waals surface area contributed by atoms with Gasteiger partial charge in [0, 0.05) is 35.7 Å². The molecule has 0 aliphatic rings. The fourth-order valence-corrected chi connectivity index (χ4v) is 4.04. The zero-order valence-electron chi connectivity index (χ0n) is 19.7. The molecule has 0 spiro atoms. The van der Waals surface area contributed by atoms with Crippen LogP contribution in [0.25, 0.3) is 0 Å². The van der Waals surface area contributed by atoms with Gasteiger partial charge in [-0.05, 0) is 31.0 Å². The molecule has 0 bridgehead atoms. The van der Waals surface area contributed by atoms with Crippen molar-refractivity contribution in [1.82, 2.24) is 10.2 Å². The number of nitrogens with one attached hydrogen (secondary N) is 1. The molecule has 0 fully saturated rings. The van der Waals surface area contributed by atoms with Gasteiger partial charge >= 0.3 is 0 Å². The number of para-hydroxylation sites is 1. The van der Waals surface area contributed by atoms with E-state index in [1.54, 1.807) is 36.4 Å². The van der Waals surface area contributed by atoms with Gasteiger partial charge in [0.1, 0.15) is 6.04 Å². The number of amides is 2. The number of nitrogens with zero attached hydrogens (tertiary/aromatic N) is 2. The molecule has 0 aromatic heterocycles. The summed E-state index contributed by atoms with van der Waals surface area (Å²) in [7, 11) is 0. The van der Waals surface area contributed by atoms with Crippen LogP contribution in [0.5, 0.6) is 0 Å². The van der Waals surface area contributed by atoms with E-state index in [4.69, 9.17) is 11.6 Å². The Bertz CT molecular complexity index is 1180. The molecular formula is C27H28ClN3O4. The molecule has 2 amide bonds. The largest absolute Gasteiger partial charge is 0.352 e. The molecule has 182 valence electrons. The van der Waals surface area contributed by atoms with Gasteiger partial charge < -0.3 is 10.2 Å². The highest BCUT2D eigenvalue weighted by atomic mass is 35.5. The van der Waals surface area contributed by atoms with Gasteiger partial charge in [0.2, 0.25) is 11.8 Å². The van der Waals surface area contributed by atoms with E-state index in [1.165, 1.54) is 11.0 Å². The van der Waals surface area contributed by atoms with Crippen molar-refractivity contribution in [3.63, 3.8) is 0 Å². The molecule has 3 aromatic carbocycles. The summed E-state index contributed by atoms with van der Waals surface area (Å²) in [6.45, 7) is 3.79. The monoisotopic (exact) mass is 493 g/mol. The molecule has 0 saturated carbocycles. The summed E-state index contributed by atoms with van der Waals surface area (Å²) >= 11 is 6.40. The minimum Gasteiger partial charge on any atom is -0.352 e. The molecule has 7 nitrogen and oxygen atoms in total. The van der Waals surface area contributed by atoms with E-state index >= 15 is 0 Å². The normalized spacial score (nSPS) is 11.7. The number of nitro benzene ring substituents is 1. The molecule has 0 aliphatic carbocycles. The molecule has 8 heteroatoms. The molecule has 0 unspecified atom stereocenters. The Kier molecular flexibility index (Phi) is 8.98.